The lowest BCUT2D eigenvalue weighted by Crippen LogP contribution is -2.32. The SMILES string of the molecule is COC1CCCC2=NC(=Nc3cccc(Br)c3)N=C21. The van der Waals surface area contributed by atoms with E-state index in [1.54, 1.807) is 7.11 Å². The Labute approximate surface area is 120 Å². The van der Waals surface area contributed by atoms with Gasteiger partial charge in [0.15, 0.2) is 0 Å². The first-order valence-electron chi connectivity index (χ1n) is 6.30. The summed E-state index contributed by atoms with van der Waals surface area (Å²) in [7, 11) is 1.72. The molecule has 19 heavy (non-hydrogen) atoms. The molecule has 1 aromatic carbocycles. The highest BCUT2D eigenvalue weighted by molar-refractivity contribution is 9.10. The maximum Gasteiger partial charge on any atom is 0.250 e. The number of guanidine groups is 1. The van der Waals surface area contributed by atoms with E-state index in [-0.39, 0.29) is 6.10 Å². The number of benzene rings is 1. The molecule has 0 saturated heterocycles. The average Bonchev–Trinajstić information content (AvgIpc) is 2.80. The van der Waals surface area contributed by atoms with Crippen molar-refractivity contribution in [2.24, 2.45) is 15.0 Å². The molecule has 1 aliphatic carbocycles. The molecule has 0 bridgehead atoms. The van der Waals surface area contributed by atoms with Crippen LogP contribution in [0.15, 0.2) is 43.7 Å². The van der Waals surface area contributed by atoms with E-state index in [0.29, 0.717) is 5.96 Å². The summed E-state index contributed by atoms with van der Waals surface area (Å²) >= 11 is 3.43. The molecule has 0 spiro atoms. The summed E-state index contributed by atoms with van der Waals surface area (Å²) in [5.41, 5.74) is 2.85. The Kier molecular flexibility index (Phi) is 3.57. The van der Waals surface area contributed by atoms with Crippen molar-refractivity contribution in [3.05, 3.63) is 28.7 Å². The monoisotopic (exact) mass is 319 g/mol. The quantitative estimate of drug-likeness (QED) is 0.822. The Morgan fingerprint density at radius 1 is 1.37 bits per heavy atom. The highest BCUT2D eigenvalue weighted by Gasteiger charge is 2.29. The number of halogens is 1. The molecule has 1 fully saturated rings. The van der Waals surface area contributed by atoms with Gasteiger partial charge in [0.1, 0.15) is 6.10 Å². The minimum absolute atomic E-state index is 0.0720. The summed E-state index contributed by atoms with van der Waals surface area (Å²) in [5.74, 6) is 0.534. The van der Waals surface area contributed by atoms with Crippen LogP contribution in [-0.4, -0.2) is 30.6 Å². The molecule has 1 aromatic rings. The van der Waals surface area contributed by atoms with E-state index in [1.807, 2.05) is 24.3 Å². The van der Waals surface area contributed by atoms with Gasteiger partial charge >= 0.3 is 0 Å². The smallest absolute Gasteiger partial charge is 0.250 e. The normalized spacial score (nSPS) is 24.1. The standard InChI is InChI=1S/C14H14BrN3O/c1-19-12-7-3-6-11-13(12)18-14(17-11)16-10-5-2-4-9(15)8-10/h2,4-5,8,12H,3,6-7H2,1H3. The lowest BCUT2D eigenvalue weighted by molar-refractivity contribution is 0.146. The summed E-state index contributed by atoms with van der Waals surface area (Å²) in [6.45, 7) is 0. The van der Waals surface area contributed by atoms with Crippen LogP contribution in [0.1, 0.15) is 19.3 Å². The van der Waals surface area contributed by atoms with Gasteiger partial charge in [0, 0.05) is 11.6 Å². The zero-order chi connectivity index (χ0) is 13.2. The fourth-order valence-corrected chi connectivity index (χ4v) is 2.74. The van der Waals surface area contributed by atoms with Crippen LogP contribution >= 0.6 is 15.9 Å². The van der Waals surface area contributed by atoms with Gasteiger partial charge in [-0.05, 0) is 37.5 Å². The number of nitrogens with zero attached hydrogens (tertiary/aromatic N) is 3. The van der Waals surface area contributed by atoms with Crippen molar-refractivity contribution < 1.29 is 4.74 Å². The van der Waals surface area contributed by atoms with Gasteiger partial charge < -0.3 is 4.74 Å². The topological polar surface area (TPSA) is 46.3 Å². The van der Waals surface area contributed by atoms with Gasteiger partial charge in [0.2, 0.25) is 0 Å². The highest BCUT2D eigenvalue weighted by atomic mass is 79.9. The van der Waals surface area contributed by atoms with Crippen LogP contribution in [0.2, 0.25) is 0 Å². The van der Waals surface area contributed by atoms with Crippen LogP contribution in [0.3, 0.4) is 0 Å². The van der Waals surface area contributed by atoms with Gasteiger partial charge in [-0.25, -0.2) is 15.0 Å². The van der Waals surface area contributed by atoms with Gasteiger partial charge in [-0.2, -0.15) is 0 Å². The van der Waals surface area contributed by atoms with Crippen molar-refractivity contribution in [2.75, 3.05) is 7.11 Å². The van der Waals surface area contributed by atoms with E-state index in [2.05, 4.69) is 30.9 Å². The number of aliphatic imine (C=N–C) groups is 3. The van der Waals surface area contributed by atoms with Crippen LogP contribution in [0.25, 0.3) is 0 Å². The molecule has 1 unspecified atom stereocenters. The third-order valence-electron chi connectivity index (χ3n) is 3.26. The zero-order valence-electron chi connectivity index (χ0n) is 10.6. The molecular formula is C14H14BrN3O. The van der Waals surface area contributed by atoms with Gasteiger partial charge in [-0.3, -0.25) is 0 Å². The second-order valence-corrected chi connectivity index (χ2v) is 5.48. The summed E-state index contributed by atoms with van der Waals surface area (Å²) < 4.78 is 6.45. The van der Waals surface area contributed by atoms with Crippen molar-refractivity contribution >= 4 is 39.0 Å². The van der Waals surface area contributed by atoms with E-state index in [0.717, 1.165) is 40.8 Å². The lowest BCUT2D eigenvalue weighted by atomic mass is 9.94. The van der Waals surface area contributed by atoms with Gasteiger partial charge in [0.25, 0.3) is 5.96 Å². The molecule has 1 saturated carbocycles. The molecule has 0 aromatic heterocycles. The van der Waals surface area contributed by atoms with Crippen LogP contribution in [0.4, 0.5) is 5.69 Å². The van der Waals surface area contributed by atoms with Crippen LogP contribution in [0.5, 0.6) is 0 Å². The lowest BCUT2D eigenvalue weighted by Gasteiger charge is -2.20. The number of rotatable bonds is 2. The predicted octanol–water partition coefficient (Wildman–Crippen LogP) is 3.53. The van der Waals surface area contributed by atoms with E-state index in [4.69, 9.17) is 4.74 Å². The summed E-state index contributed by atoms with van der Waals surface area (Å²) in [6, 6.07) is 7.80. The Hall–Kier alpha value is -1.33. The minimum atomic E-state index is 0.0720. The first-order valence-corrected chi connectivity index (χ1v) is 7.09. The number of fused-ring (bicyclic) bond motifs is 1. The van der Waals surface area contributed by atoms with E-state index in [1.165, 1.54) is 0 Å². The zero-order valence-corrected chi connectivity index (χ0v) is 12.2. The van der Waals surface area contributed by atoms with Crippen molar-refractivity contribution in [2.45, 2.75) is 25.4 Å². The molecule has 1 atom stereocenters. The molecule has 98 valence electrons. The van der Waals surface area contributed by atoms with Gasteiger partial charge in [0.05, 0.1) is 17.1 Å². The Bertz CT molecular complexity index is 592. The van der Waals surface area contributed by atoms with Crippen molar-refractivity contribution in [1.29, 1.82) is 0 Å². The molecule has 2 aliphatic rings. The first kappa shape index (κ1) is 12.7. The Morgan fingerprint density at radius 3 is 3.05 bits per heavy atom. The molecule has 4 nitrogen and oxygen atoms in total. The number of hydrogen-bond donors (Lipinski definition) is 0. The second-order valence-electron chi connectivity index (χ2n) is 4.56. The molecular weight excluding hydrogens is 306 g/mol. The molecule has 1 aliphatic heterocycles. The summed E-state index contributed by atoms with van der Waals surface area (Å²) in [4.78, 5) is 13.5. The van der Waals surface area contributed by atoms with Crippen LogP contribution in [0, 0.1) is 0 Å². The van der Waals surface area contributed by atoms with Crippen molar-refractivity contribution in [3.8, 4) is 0 Å². The summed E-state index contributed by atoms with van der Waals surface area (Å²) in [5, 5.41) is 0. The predicted molar refractivity (Wildman–Crippen MR) is 80.8 cm³/mol. The molecule has 3 rings (SSSR count). The van der Waals surface area contributed by atoms with Crippen LogP contribution in [-0.2, 0) is 4.74 Å². The Morgan fingerprint density at radius 2 is 2.26 bits per heavy atom. The molecule has 1 heterocycles. The maximum absolute atomic E-state index is 5.45. The molecule has 0 amide bonds. The van der Waals surface area contributed by atoms with E-state index < -0.39 is 0 Å². The third kappa shape index (κ3) is 2.67. The van der Waals surface area contributed by atoms with Crippen molar-refractivity contribution in [3.63, 3.8) is 0 Å². The highest BCUT2D eigenvalue weighted by Crippen LogP contribution is 2.23. The molecule has 5 heteroatoms. The first-order chi connectivity index (χ1) is 9.26. The summed E-state index contributed by atoms with van der Waals surface area (Å²) in [6.07, 6.45) is 3.15. The number of ether oxygens (including phenoxy) is 1. The van der Waals surface area contributed by atoms with E-state index in [9.17, 15) is 0 Å². The van der Waals surface area contributed by atoms with Gasteiger partial charge in [-0.15, -0.1) is 0 Å². The maximum atomic E-state index is 5.45. The van der Waals surface area contributed by atoms with Gasteiger partial charge in [-0.1, -0.05) is 22.0 Å². The molecule has 0 radical (unpaired) electrons. The third-order valence-corrected chi connectivity index (χ3v) is 3.75. The second kappa shape index (κ2) is 5.35. The average molecular weight is 320 g/mol. The van der Waals surface area contributed by atoms with E-state index >= 15 is 0 Å². The fourth-order valence-electron chi connectivity index (χ4n) is 2.35. The number of hydrogen-bond acceptors (Lipinski definition) is 2. The molecule has 0 N–H and O–H groups in total. The fraction of sp³-hybridized carbons (Fsp3) is 0.357. The van der Waals surface area contributed by atoms with Crippen molar-refractivity contribution in [1.82, 2.24) is 0 Å². The largest absolute Gasteiger partial charge is 0.375 e. The minimum Gasteiger partial charge on any atom is -0.375 e. The Balaban J connectivity index is 1.92. The number of methoxy groups -OCH3 is 1. The van der Waals surface area contributed by atoms with Crippen LogP contribution < -0.4 is 0 Å².